The molecule has 102 valence electrons. The predicted octanol–water partition coefficient (Wildman–Crippen LogP) is 1.07. The molecular weight excluding hydrogens is 271 g/mol. The molecule has 2 rings (SSSR count). The zero-order valence-electron chi connectivity index (χ0n) is 10.1. The summed E-state index contributed by atoms with van der Waals surface area (Å²) in [5, 5.41) is 8.92. The van der Waals surface area contributed by atoms with Crippen LogP contribution in [-0.4, -0.2) is 25.7 Å². The Kier molecular flexibility index (Phi) is 3.82. The molecule has 0 spiro atoms. The highest BCUT2D eigenvalue weighted by atomic mass is 32.2. The van der Waals surface area contributed by atoms with Crippen molar-refractivity contribution in [2.24, 2.45) is 0 Å². The Morgan fingerprint density at radius 1 is 1.42 bits per heavy atom. The van der Waals surface area contributed by atoms with Crippen LogP contribution in [0.25, 0.3) is 0 Å². The number of aromatic nitrogens is 2. The minimum absolute atomic E-state index is 0.000324. The smallest absolute Gasteiger partial charge is 0.262 e. The Hall–Kier alpha value is -1.93. The summed E-state index contributed by atoms with van der Waals surface area (Å²) in [4.78, 5) is 0.000324. The molecule has 6 nitrogen and oxygen atoms in total. The number of anilines is 1. The lowest BCUT2D eigenvalue weighted by Crippen LogP contribution is -2.14. The molecule has 0 aliphatic heterocycles. The van der Waals surface area contributed by atoms with Crippen molar-refractivity contribution in [3.05, 3.63) is 42.0 Å². The maximum Gasteiger partial charge on any atom is 0.262 e. The SMILES string of the molecule is CNCc1cc(S(=O)(=O)Nc2cn[nH]c2)ccc1F. The van der Waals surface area contributed by atoms with Gasteiger partial charge in [-0.05, 0) is 25.2 Å². The minimum atomic E-state index is -3.75. The largest absolute Gasteiger partial charge is 0.316 e. The standard InChI is InChI=1S/C11H13FN4O2S/c1-13-5-8-4-10(2-3-11(8)12)19(17,18)16-9-6-14-15-7-9/h2-4,6-7,13,16H,5H2,1H3,(H,14,15). The van der Waals surface area contributed by atoms with E-state index in [9.17, 15) is 12.8 Å². The molecule has 0 bridgehead atoms. The second-order valence-electron chi connectivity index (χ2n) is 3.88. The lowest BCUT2D eigenvalue weighted by Gasteiger charge is -2.08. The fraction of sp³-hybridized carbons (Fsp3) is 0.182. The number of rotatable bonds is 5. The number of aromatic amines is 1. The van der Waals surface area contributed by atoms with Crippen molar-refractivity contribution in [3.8, 4) is 0 Å². The van der Waals surface area contributed by atoms with Crippen LogP contribution in [0, 0.1) is 5.82 Å². The molecule has 1 aromatic heterocycles. The van der Waals surface area contributed by atoms with E-state index in [-0.39, 0.29) is 17.0 Å². The van der Waals surface area contributed by atoms with Crippen LogP contribution < -0.4 is 10.0 Å². The maximum atomic E-state index is 13.5. The Balaban J connectivity index is 2.32. The minimum Gasteiger partial charge on any atom is -0.316 e. The summed E-state index contributed by atoms with van der Waals surface area (Å²) < 4.78 is 39.9. The van der Waals surface area contributed by atoms with Gasteiger partial charge in [0, 0.05) is 18.3 Å². The summed E-state index contributed by atoms with van der Waals surface area (Å²) in [6, 6.07) is 3.65. The molecule has 19 heavy (non-hydrogen) atoms. The highest BCUT2D eigenvalue weighted by Gasteiger charge is 2.16. The molecule has 3 N–H and O–H groups in total. The summed E-state index contributed by atoms with van der Waals surface area (Å²) in [5.74, 6) is -0.448. The van der Waals surface area contributed by atoms with Gasteiger partial charge < -0.3 is 5.32 Å². The molecular formula is C11H13FN4O2S. The highest BCUT2D eigenvalue weighted by Crippen LogP contribution is 2.18. The highest BCUT2D eigenvalue weighted by molar-refractivity contribution is 7.92. The van der Waals surface area contributed by atoms with E-state index in [1.165, 1.54) is 24.5 Å². The van der Waals surface area contributed by atoms with Gasteiger partial charge in [-0.25, -0.2) is 12.8 Å². The van der Waals surface area contributed by atoms with Crippen molar-refractivity contribution in [2.75, 3.05) is 11.8 Å². The van der Waals surface area contributed by atoms with Crippen molar-refractivity contribution >= 4 is 15.7 Å². The lowest BCUT2D eigenvalue weighted by molar-refractivity contribution is 0.592. The van der Waals surface area contributed by atoms with Crippen LogP contribution >= 0.6 is 0 Å². The fourth-order valence-corrected chi connectivity index (χ4v) is 2.65. The van der Waals surface area contributed by atoms with Gasteiger partial charge in [-0.2, -0.15) is 5.10 Å². The molecule has 8 heteroatoms. The van der Waals surface area contributed by atoms with Crippen LogP contribution in [0.4, 0.5) is 10.1 Å². The molecule has 1 aromatic carbocycles. The van der Waals surface area contributed by atoms with E-state index in [0.29, 0.717) is 5.69 Å². The average molecular weight is 284 g/mol. The molecule has 0 amide bonds. The van der Waals surface area contributed by atoms with Gasteiger partial charge in [-0.15, -0.1) is 0 Å². The monoisotopic (exact) mass is 284 g/mol. The molecule has 0 aliphatic rings. The Morgan fingerprint density at radius 2 is 2.21 bits per heavy atom. The first kappa shape index (κ1) is 13.5. The van der Waals surface area contributed by atoms with E-state index in [4.69, 9.17) is 0 Å². The van der Waals surface area contributed by atoms with Crippen molar-refractivity contribution in [1.82, 2.24) is 15.5 Å². The predicted molar refractivity (Wildman–Crippen MR) is 68.6 cm³/mol. The molecule has 0 saturated carbocycles. The Morgan fingerprint density at radius 3 is 2.84 bits per heavy atom. The molecule has 0 saturated heterocycles. The van der Waals surface area contributed by atoms with Gasteiger partial charge in [0.1, 0.15) is 5.82 Å². The van der Waals surface area contributed by atoms with Gasteiger partial charge in [0.25, 0.3) is 10.0 Å². The number of nitrogens with one attached hydrogen (secondary N) is 3. The normalized spacial score (nSPS) is 11.5. The molecule has 1 heterocycles. The lowest BCUT2D eigenvalue weighted by atomic mass is 10.2. The van der Waals surface area contributed by atoms with Crippen LogP contribution in [-0.2, 0) is 16.6 Å². The van der Waals surface area contributed by atoms with Gasteiger partial charge in [0.15, 0.2) is 0 Å². The Bertz CT molecular complexity index is 655. The number of hydrogen-bond donors (Lipinski definition) is 3. The second-order valence-corrected chi connectivity index (χ2v) is 5.56. The first-order valence-electron chi connectivity index (χ1n) is 5.47. The molecule has 0 aliphatic carbocycles. The average Bonchev–Trinajstić information content (AvgIpc) is 2.84. The summed E-state index contributed by atoms with van der Waals surface area (Å²) in [6.07, 6.45) is 2.76. The van der Waals surface area contributed by atoms with E-state index in [1.54, 1.807) is 7.05 Å². The van der Waals surface area contributed by atoms with Gasteiger partial charge in [0.2, 0.25) is 0 Å². The third-order valence-corrected chi connectivity index (χ3v) is 3.82. The van der Waals surface area contributed by atoms with Gasteiger partial charge in [-0.3, -0.25) is 9.82 Å². The van der Waals surface area contributed by atoms with Crippen molar-refractivity contribution in [2.45, 2.75) is 11.4 Å². The van der Waals surface area contributed by atoms with Crippen molar-refractivity contribution < 1.29 is 12.8 Å². The van der Waals surface area contributed by atoms with Gasteiger partial charge >= 0.3 is 0 Å². The molecule has 0 atom stereocenters. The zero-order chi connectivity index (χ0) is 13.9. The van der Waals surface area contributed by atoms with Crippen molar-refractivity contribution in [1.29, 1.82) is 0 Å². The fourth-order valence-electron chi connectivity index (χ4n) is 1.56. The summed E-state index contributed by atoms with van der Waals surface area (Å²) in [7, 11) is -2.09. The topological polar surface area (TPSA) is 86.9 Å². The summed E-state index contributed by atoms with van der Waals surface area (Å²) in [5.41, 5.74) is 0.608. The van der Waals surface area contributed by atoms with Crippen LogP contribution in [0.15, 0.2) is 35.5 Å². The molecule has 0 unspecified atom stereocenters. The third-order valence-electron chi connectivity index (χ3n) is 2.45. The molecule has 0 radical (unpaired) electrons. The molecule has 2 aromatic rings. The number of benzene rings is 1. The third kappa shape index (κ3) is 3.09. The first-order valence-corrected chi connectivity index (χ1v) is 6.96. The van der Waals surface area contributed by atoms with E-state index >= 15 is 0 Å². The van der Waals surface area contributed by atoms with E-state index in [2.05, 4.69) is 20.2 Å². The van der Waals surface area contributed by atoms with Crippen LogP contribution in [0.3, 0.4) is 0 Å². The summed E-state index contributed by atoms with van der Waals surface area (Å²) in [6.45, 7) is 0.251. The zero-order valence-corrected chi connectivity index (χ0v) is 11.0. The number of hydrogen-bond acceptors (Lipinski definition) is 4. The maximum absolute atomic E-state index is 13.5. The number of sulfonamides is 1. The van der Waals surface area contributed by atoms with Crippen LogP contribution in [0.1, 0.15) is 5.56 Å². The van der Waals surface area contributed by atoms with E-state index in [0.717, 1.165) is 6.07 Å². The van der Waals surface area contributed by atoms with E-state index in [1.807, 2.05) is 0 Å². The number of H-pyrrole nitrogens is 1. The van der Waals surface area contributed by atoms with Crippen LogP contribution in [0.5, 0.6) is 0 Å². The van der Waals surface area contributed by atoms with Crippen molar-refractivity contribution in [3.63, 3.8) is 0 Å². The van der Waals surface area contributed by atoms with Crippen LogP contribution in [0.2, 0.25) is 0 Å². The number of nitrogens with zero attached hydrogens (tertiary/aromatic N) is 1. The second kappa shape index (κ2) is 5.37. The molecule has 0 fully saturated rings. The Labute approximate surface area is 110 Å². The quantitative estimate of drug-likeness (QED) is 0.766. The summed E-state index contributed by atoms with van der Waals surface area (Å²) >= 11 is 0. The van der Waals surface area contributed by atoms with E-state index < -0.39 is 15.8 Å². The first-order chi connectivity index (χ1) is 9.03. The van der Waals surface area contributed by atoms with Gasteiger partial charge in [-0.1, -0.05) is 0 Å². The van der Waals surface area contributed by atoms with Gasteiger partial charge in [0.05, 0.1) is 16.8 Å². The number of halogens is 1.